The van der Waals surface area contributed by atoms with Crippen LogP contribution in [-0.2, 0) is 0 Å². The van der Waals surface area contributed by atoms with Gasteiger partial charge in [-0.25, -0.2) is 4.98 Å². The van der Waals surface area contributed by atoms with E-state index in [2.05, 4.69) is 30.9 Å². The van der Waals surface area contributed by atoms with Crippen molar-refractivity contribution in [1.29, 1.82) is 0 Å². The number of amides is 1. The Bertz CT molecular complexity index is 1310. The van der Waals surface area contributed by atoms with Crippen LogP contribution >= 0.6 is 11.6 Å². The first-order valence-electron chi connectivity index (χ1n) is 10.8. The van der Waals surface area contributed by atoms with Crippen LogP contribution in [0.4, 0.5) is 17.2 Å². The van der Waals surface area contributed by atoms with Gasteiger partial charge in [-0.15, -0.1) is 0 Å². The van der Waals surface area contributed by atoms with Gasteiger partial charge in [0.2, 0.25) is 0 Å². The van der Waals surface area contributed by atoms with E-state index in [1.807, 2.05) is 48.5 Å². The van der Waals surface area contributed by atoms with Crippen molar-refractivity contribution in [3.05, 3.63) is 71.5 Å². The Morgan fingerprint density at radius 1 is 1.09 bits per heavy atom. The zero-order chi connectivity index (χ0) is 22.8. The van der Waals surface area contributed by atoms with Crippen molar-refractivity contribution >= 4 is 40.3 Å². The van der Waals surface area contributed by atoms with Gasteiger partial charge in [0, 0.05) is 49.9 Å². The van der Waals surface area contributed by atoms with Crippen LogP contribution in [0.3, 0.4) is 0 Å². The van der Waals surface area contributed by atoms with Crippen molar-refractivity contribution in [2.45, 2.75) is 0 Å². The molecule has 1 amide bonds. The molecule has 1 fully saturated rings. The van der Waals surface area contributed by atoms with Gasteiger partial charge in [-0.2, -0.15) is 9.61 Å². The molecular formula is C24H24ClN7O. The van der Waals surface area contributed by atoms with Gasteiger partial charge in [0.05, 0.1) is 17.6 Å². The number of hydrogen-bond acceptors (Lipinski definition) is 6. The fourth-order valence-corrected chi connectivity index (χ4v) is 4.25. The van der Waals surface area contributed by atoms with Gasteiger partial charge in [0.25, 0.3) is 5.91 Å². The lowest BCUT2D eigenvalue weighted by Crippen LogP contribution is -2.43. The SMILES string of the molecule is CNc1cc(C(=O)Nc2ccccc2N2CCNCC2)nc2c(-c3cccc(Cl)c3)cnn12. The fourth-order valence-electron chi connectivity index (χ4n) is 4.06. The van der Waals surface area contributed by atoms with E-state index in [0.717, 1.165) is 48.7 Å². The third-order valence-electron chi connectivity index (χ3n) is 5.71. The second-order valence-corrected chi connectivity index (χ2v) is 8.23. The first kappa shape index (κ1) is 21.2. The molecule has 0 atom stereocenters. The number of nitrogens with zero attached hydrogens (tertiary/aromatic N) is 4. The number of carbonyl (C=O) groups excluding carboxylic acids is 1. The average molecular weight is 462 g/mol. The Hall–Kier alpha value is -3.62. The third-order valence-corrected chi connectivity index (χ3v) is 5.94. The van der Waals surface area contributed by atoms with Gasteiger partial charge in [0.15, 0.2) is 5.65 Å². The smallest absolute Gasteiger partial charge is 0.274 e. The Balaban J connectivity index is 1.51. The van der Waals surface area contributed by atoms with Crippen molar-refractivity contribution in [3.8, 4) is 11.1 Å². The van der Waals surface area contributed by atoms with Crippen molar-refractivity contribution < 1.29 is 4.79 Å². The molecule has 8 nitrogen and oxygen atoms in total. The number of aromatic nitrogens is 3. The summed E-state index contributed by atoms with van der Waals surface area (Å²) in [5, 5.41) is 14.6. The summed E-state index contributed by atoms with van der Waals surface area (Å²) >= 11 is 6.19. The zero-order valence-electron chi connectivity index (χ0n) is 18.2. The molecule has 0 bridgehead atoms. The quantitative estimate of drug-likeness (QED) is 0.419. The maximum absolute atomic E-state index is 13.3. The Morgan fingerprint density at radius 3 is 2.70 bits per heavy atom. The maximum atomic E-state index is 13.3. The number of anilines is 3. The van der Waals surface area contributed by atoms with Gasteiger partial charge in [0.1, 0.15) is 11.5 Å². The lowest BCUT2D eigenvalue weighted by Gasteiger charge is -2.31. The molecular weight excluding hydrogens is 438 g/mol. The predicted molar refractivity (Wildman–Crippen MR) is 132 cm³/mol. The molecule has 0 spiro atoms. The van der Waals surface area contributed by atoms with E-state index in [9.17, 15) is 4.79 Å². The largest absolute Gasteiger partial charge is 0.373 e. The van der Waals surface area contributed by atoms with E-state index in [1.165, 1.54) is 0 Å². The van der Waals surface area contributed by atoms with E-state index in [0.29, 0.717) is 22.2 Å². The summed E-state index contributed by atoms with van der Waals surface area (Å²) in [5.74, 6) is 0.378. The van der Waals surface area contributed by atoms with Crippen LogP contribution in [-0.4, -0.2) is 53.7 Å². The van der Waals surface area contributed by atoms with E-state index >= 15 is 0 Å². The Labute approximate surface area is 196 Å². The normalized spacial score (nSPS) is 13.8. The van der Waals surface area contributed by atoms with Crippen LogP contribution < -0.4 is 20.9 Å². The molecule has 1 saturated heterocycles. The topological polar surface area (TPSA) is 86.6 Å². The second-order valence-electron chi connectivity index (χ2n) is 7.79. The van der Waals surface area contributed by atoms with Crippen LogP contribution in [0.25, 0.3) is 16.8 Å². The summed E-state index contributed by atoms with van der Waals surface area (Å²) in [7, 11) is 1.79. The Morgan fingerprint density at radius 2 is 1.91 bits per heavy atom. The summed E-state index contributed by atoms with van der Waals surface area (Å²) in [6.45, 7) is 3.61. The van der Waals surface area contributed by atoms with E-state index in [4.69, 9.17) is 11.6 Å². The molecule has 1 aliphatic rings. The van der Waals surface area contributed by atoms with Gasteiger partial charge in [-0.05, 0) is 29.8 Å². The number of nitrogens with one attached hydrogen (secondary N) is 3. The fraction of sp³-hybridized carbons (Fsp3) is 0.208. The summed E-state index contributed by atoms with van der Waals surface area (Å²) in [6, 6.07) is 17.1. The molecule has 33 heavy (non-hydrogen) atoms. The zero-order valence-corrected chi connectivity index (χ0v) is 18.9. The number of benzene rings is 2. The minimum Gasteiger partial charge on any atom is -0.373 e. The molecule has 0 aliphatic carbocycles. The number of piperazine rings is 1. The summed E-state index contributed by atoms with van der Waals surface area (Å²) < 4.78 is 1.68. The van der Waals surface area contributed by atoms with Crippen molar-refractivity contribution in [2.24, 2.45) is 0 Å². The average Bonchev–Trinajstić information content (AvgIpc) is 3.28. The molecule has 2 aromatic carbocycles. The molecule has 1 aliphatic heterocycles. The molecule has 0 radical (unpaired) electrons. The number of para-hydroxylation sites is 2. The highest BCUT2D eigenvalue weighted by Crippen LogP contribution is 2.29. The summed E-state index contributed by atoms with van der Waals surface area (Å²) in [5.41, 5.74) is 4.32. The number of rotatable bonds is 5. The van der Waals surface area contributed by atoms with E-state index in [1.54, 1.807) is 23.8 Å². The number of carbonyl (C=O) groups is 1. The number of halogens is 1. The van der Waals surface area contributed by atoms with E-state index < -0.39 is 0 Å². The van der Waals surface area contributed by atoms with Crippen LogP contribution in [0.2, 0.25) is 5.02 Å². The van der Waals surface area contributed by atoms with Crippen molar-refractivity contribution in [3.63, 3.8) is 0 Å². The monoisotopic (exact) mass is 461 g/mol. The van der Waals surface area contributed by atoms with Gasteiger partial charge < -0.3 is 20.9 Å². The van der Waals surface area contributed by atoms with Gasteiger partial charge in [-0.1, -0.05) is 35.9 Å². The Kier molecular flexibility index (Phi) is 5.85. The van der Waals surface area contributed by atoms with Gasteiger partial charge >= 0.3 is 0 Å². The summed E-state index contributed by atoms with van der Waals surface area (Å²) in [4.78, 5) is 20.2. The molecule has 4 aromatic rings. The molecule has 3 heterocycles. The van der Waals surface area contributed by atoms with Crippen molar-refractivity contribution in [1.82, 2.24) is 19.9 Å². The molecule has 2 aromatic heterocycles. The van der Waals surface area contributed by atoms with E-state index in [-0.39, 0.29) is 5.91 Å². The molecule has 5 rings (SSSR count). The standard InChI is InChI=1S/C24H24ClN7O/c1-26-22-14-20(29-23-18(15-28-32(22)23)16-5-4-6-17(25)13-16)24(33)30-19-7-2-3-8-21(19)31-11-9-27-10-12-31/h2-8,13-15,26-27H,9-12H2,1H3,(H,30,33). The highest BCUT2D eigenvalue weighted by atomic mass is 35.5. The van der Waals surface area contributed by atoms with Crippen LogP contribution in [0, 0.1) is 0 Å². The molecule has 168 valence electrons. The molecule has 3 N–H and O–H groups in total. The van der Waals surface area contributed by atoms with Crippen molar-refractivity contribution in [2.75, 3.05) is 48.8 Å². The maximum Gasteiger partial charge on any atom is 0.274 e. The lowest BCUT2D eigenvalue weighted by atomic mass is 10.1. The van der Waals surface area contributed by atoms with Crippen LogP contribution in [0.15, 0.2) is 60.8 Å². The number of fused-ring (bicyclic) bond motifs is 1. The minimum absolute atomic E-state index is 0.283. The second kappa shape index (κ2) is 9.09. The number of hydrogen-bond donors (Lipinski definition) is 3. The van der Waals surface area contributed by atoms with Crippen LogP contribution in [0.1, 0.15) is 10.5 Å². The first-order chi connectivity index (χ1) is 16.1. The minimum atomic E-state index is -0.283. The molecule has 0 unspecified atom stereocenters. The van der Waals surface area contributed by atoms with Gasteiger partial charge in [-0.3, -0.25) is 4.79 Å². The highest BCUT2D eigenvalue weighted by Gasteiger charge is 2.19. The lowest BCUT2D eigenvalue weighted by molar-refractivity contribution is 0.102. The third kappa shape index (κ3) is 4.22. The summed E-state index contributed by atoms with van der Waals surface area (Å²) in [6.07, 6.45) is 1.73. The first-order valence-corrected chi connectivity index (χ1v) is 11.2. The molecule has 0 saturated carbocycles. The van der Waals surface area contributed by atoms with Crippen LogP contribution in [0.5, 0.6) is 0 Å². The predicted octanol–water partition coefficient (Wildman–Crippen LogP) is 3.75. The highest BCUT2D eigenvalue weighted by molar-refractivity contribution is 6.30. The molecule has 9 heteroatoms.